The van der Waals surface area contributed by atoms with Crippen LogP contribution in [-0.4, -0.2) is 48.6 Å². The molecule has 1 aliphatic rings. The molecule has 1 aromatic heterocycles. The molecule has 7 nitrogen and oxygen atoms in total. The van der Waals surface area contributed by atoms with E-state index in [9.17, 15) is 13.2 Å². The number of rotatable bonds is 4. The van der Waals surface area contributed by atoms with Gasteiger partial charge in [0, 0.05) is 13.1 Å². The molecule has 0 radical (unpaired) electrons. The van der Waals surface area contributed by atoms with E-state index >= 15 is 0 Å². The third kappa shape index (κ3) is 2.75. The van der Waals surface area contributed by atoms with Crippen molar-refractivity contribution in [2.75, 3.05) is 19.7 Å². The Kier molecular flexibility index (Phi) is 4.24. The minimum absolute atomic E-state index is 0.0564. The molecule has 0 unspecified atom stereocenters. The van der Waals surface area contributed by atoms with E-state index in [1.165, 1.54) is 10.5 Å². The summed E-state index contributed by atoms with van der Waals surface area (Å²) in [6.45, 7) is 4.42. The highest BCUT2D eigenvalue weighted by molar-refractivity contribution is 7.89. The molecule has 0 saturated heterocycles. The predicted octanol–water partition coefficient (Wildman–Crippen LogP) is 0.927. The summed E-state index contributed by atoms with van der Waals surface area (Å²) in [5, 5.41) is 5.85. The summed E-state index contributed by atoms with van der Waals surface area (Å²) in [5.74, 6) is -0.691. The summed E-state index contributed by atoms with van der Waals surface area (Å²) in [4.78, 5) is 11.7. The quantitative estimate of drug-likeness (QED) is 0.659. The molecule has 0 saturated carbocycles. The van der Waals surface area contributed by atoms with Gasteiger partial charge in [-0.1, -0.05) is 11.6 Å². The topological polar surface area (TPSA) is 92.4 Å². The van der Waals surface area contributed by atoms with Crippen LogP contribution in [0.15, 0.2) is 22.9 Å². The zero-order valence-electron chi connectivity index (χ0n) is 11.4. The Balaban J connectivity index is 2.33. The number of nitrogens with one attached hydrogen (secondary N) is 1. The lowest BCUT2D eigenvalue weighted by atomic mass is 10.2. The second-order valence-corrected chi connectivity index (χ2v) is 6.39. The average Bonchev–Trinajstić information content (AvgIpc) is 2.89. The van der Waals surface area contributed by atoms with Gasteiger partial charge in [0.25, 0.3) is 10.0 Å². The van der Waals surface area contributed by atoms with Gasteiger partial charge >= 0.3 is 5.97 Å². The van der Waals surface area contributed by atoms with Crippen molar-refractivity contribution in [3.05, 3.63) is 23.4 Å². The molecule has 20 heavy (non-hydrogen) atoms. The number of hydrogen-bond donors (Lipinski definition) is 1. The van der Waals surface area contributed by atoms with Crippen molar-refractivity contribution in [1.82, 2.24) is 14.5 Å². The standard InChI is InChI=1S/C12H17N3O4S/c1-3-19-12(16)10-7-13-14-11(10)20(17,18)15-6-4-5-9(2)8-15/h5,7H,3-4,6,8H2,1-2H3,(H,13,14). The Morgan fingerprint density at radius 2 is 2.30 bits per heavy atom. The molecule has 2 heterocycles. The summed E-state index contributed by atoms with van der Waals surface area (Å²) in [7, 11) is -3.77. The number of ether oxygens (including phenoxy) is 1. The highest BCUT2D eigenvalue weighted by Gasteiger charge is 2.32. The van der Waals surface area contributed by atoms with E-state index in [1.807, 2.05) is 13.0 Å². The molecule has 0 atom stereocenters. The van der Waals surface area contributed by atoms with Crippen molar-refractivity contribution >= 4 is 16.0 Å². The van der Waals surface area contributed by atoms with E-state index in [4.69, 9.17) is 4.74 Å². The zero-order valence-corrected chi connectivity index (χ0v) is 12.2. The van der Waals surface area contributed by atoms with Gasteiger partial charge < -0.3 is 4.74 Å². The lowest BCUT2D eigenvalue weighted by Crippen LogP contribution is -2.36. The van der Waals surface area contributed by atoms with Crippen molar-refractivity contribution < 1.29 is 17.9 Å². The molecule has 0 amide bonds. The van der Waals surface area contributed by atoms with Crippen molar-refractivity contribution in [1.29, 1.82) is 0 Å². The van der Waals surface area contributed by atoms with Crippen molar-refractivity contribution in [3.8, 4) is 0 Å². The van der Waals surface area contributed by atoms with Crippen LogP contribution in [0.5, 0.6) is 0 Å². The van der Waals surface area contributed by atoms with Crippen molar-refractivity contribution in [2.24, 2.45) is 0 Å². The van der Waals surface area contributed by atoms with Crippen LogP contribution in [0.25, 0.3) is 0 Å². The number of carbonyl (C=O) groups excluding carboxylic acids is 1. The van der Waals surface area contributed by atoms with E-state index in [-0.39, 0.29) is 17.2 Å². The van der Waals surface area contributed by atoms with Gasteiger partial charge in [0.05, 0.1) is 12.8 Å². The lowest BCUT2D eigenvalue weighted by molar-refractivity contribution is 0.0521. The molecule has 1 aromatic rings. The Morgan fingerprint density at radius 3 is 2.95 bits per heavy atom. The molecular formula is C12H17N3O4S. The van der Waals surface area contributed by atoms with Gasteiger partial charge in [-0.2, -0.15) is 9.40 Å². The number of aromatic amines is 1. The van der Waals surface area contributed by atoms with Crippen LogP contribution in [-0.2, 0) is 14.8 Å². The second kappa shape index (κ2) is 5.76. The van der Waals surface area contributed by atoms with Crippen LogP contribution in [0.4, 0.5) is 0 Å². The van der Waals surface area contributed by atoms with E-state index in [0.717, 1.165) is 5.57 Å². The van der Waals surface area contributed by atoms with Gasteiger partial charge in [-0.3, -0.25) is 5.10 Å². The molecule has 1 aliphatic heterocycles. The largest absolute Gasteiger partial charge is 0.462 e. The van der Waals surface area contributed by atoms with Crippen molar-refractivity contribution in [2.45, 2.75) is 25.3 Å². The van der Waals surface area contributed by atoms with Gasteiger partial charge in [0.1, 0.15) is 5.56 Å². The van der Waals surface area contributed by atoms with Crippen LogP contribution in [0.2, 0.25) is 0 Å². The van der Waals surface area contributed by atoms with Gasteiger partial charge in [-0.05, 0) is 20.3 Å². The van der Waals surface area contributed by atoms with Gasteiger partial charge in [0.2, 0.25) is 0 Å². The summed E-state index contributed by atoms with van der Waals surface area (Å²) >= 11 is 0. The van der Waals surface area contributed by atoms with Gasteiger partial charge in [0.15, 0.2) is 5.03 Å². The summed E-state index contributed by atoms with van der Waals surface area (Å²) in [5.41, 5.74) is 0.927. The maximum atomic E-state index is 12.5. The highest BCUT2D eigenvalue weighted by Crippen LogP contribution is 2.22. The maximum Gasteiger partial charge on any atom is 0.342 e. The first-order chi connectivity index (χ1) is 9.46. The predicted molar refractivity (Wildman–Crippen MR) is 71.7 cm³/mol. The monoisotopic (exact) mass is 299 g/mol. The molecule has 2 rings (SSSR count). The lowest BCUT2D eigenvalue weighted by Gasteiger charge is -2.24. The summed E-state index contributed by atoms with van der Waals surface area (Å²) < 4.78 is 31.3. The Hall–Kier alpha value is -1.67. The SMILES string of the molecule is CCOC(=O)c1cn[nH]c1S(=O)(=O)N1CCC=C(C)C1. The second-order valence-electron chi connectivity index (χ2n) is 4.51. The maximum absolute atomic E-state index is 12.5. The Bertz CT molecular complexity index is 633. The first-order valence-corrected chi connectivity index (χ1v) is 7.77. The molecule has 0 bridgehead atoms. The summed E-state index contributed by atoms with van der Waals surface area (Å²) in [6, 6.07) is 0. The normalized spacial score (nSPS) is 16.8. The van der Waals surface area contributed by atoms with Crippen LogP contribution >= 0.6 is 0 Å². The highest BCUT2D eigenvalue weighted by atomic mass is 32.2. The third-order valence-electron chi connectivity index (χ3n) is 2.99. The first kappa shape index (κ1) is 14.7. The zero-order chi connectivity index (χ0) is 14.8. The number of carbonyl (C=O) groups is 1. The molecule has 8 heteroatoms. The molecule has 0 aliphatic carbocycles. The molecular weight excluding hydrogens is 282 g/mol. The Labute approximate surface area is 117 Å². The minimum atomic E-state index is -3.77. The number of esters is 1. The van der Waals surface area contributed by atoms with E-state index in [2.05, 4.69) is 10.2 Å². The van der Waals surface area contributed by atoms with E-state index in [1.54, 1.807) is 6.92 Å². The fraction of sp³-hybridized carbons (Fsp3) is 0.500. The number of H-pyrrole nitrogens is 1. The molecule has 0 aromatic carbocycles. The van der Waals surface area contributed by atoms with Crippen LogP contribution < -0.4 is 0 Å². The third-order valence-corrected chi connectivity index (χ3v) is 4.81. The first-order valence-electron chi connectivity index (χ1n) is 6.33. The fourth-order valence-corrected chi connectivity index (χ4v) is 3.60. The molecule has 110 valence electrons. The molecule has 0 fully saturated rings. The average molecular weight is 299 g/mol. The van der Waals surface area contributed by atoms with Crippen molar-refractivity contribution in [3.63, 3.8) is 0 Å². The van der Waals surface area contributed by atoms with Gasteiger partial charge in [-0.15, -0.1) is 0 Å². The van der Waals surface area contributed by atoms with E-state index in [0.29, 0.717) is 19.5 Å². The number of aromatic nitrogens is 2. The fourth-order valence-electron chi connectivity index (χ4n) is 2.04. The van der Waals surface area contributed by atoms with Crippen LogP contribution in [0.1, 0.15) is 30.6 Å². The molecule has 0 spiro atoms. The Morgan fingerprint density at radius 1 is 1.55 bits per heavy atom. The van der Waals surface area contributed by atoms with Crippen LogP contribution in [0.3, 0.4) is 0 Å². The minimum Gasteiger partial charge on any atom is -0.462 e. The van der Waals surface area contributed by atoms with Gasteiger partial charge in [-0.25, -0.2) is 13.2 Å². The summed E-state index contributed by atoms with van der Waals surface area (Å²) in [6.07, 6.45) is 3.84. The number of nitrogens with zero attached hydrogens (tertiary/aromatic N) is 2. The van der Waals surface area contributed by atoms with E-state index < -0.39 is 16.0 Å². The number of sulfonamides is 1. The number of hydrogen-bond acceptors (Lipinski definition) is 5. The smallest absolute Gasteiger partial charge is 0.342 e. The molecule has 1 N–H and O–H groups in total. The van der Waals surface area contributed by atoms with Crippen LogP contribution in [0, 0.1) is 0 Å².